The molecular formula is C20H19N3O3. The topological polar surface area (TPSA) is 91.2 Å². The van der Waals surface area contributed by atoms with Crippen molar-refractivity contribution in [1.29, 1.82) is 5.26 Å². The van der Waals surface area contributed by atoms with Gasteiger partial charge in [-0.05, 0) is 23.3 Å². The molecule has 3 rings (SSSR count). The molecule has 2 amide bonds. The van der Waals surface area contributed by atoms with Gasteiger partial charge in [0.2, 0.25) is 11.8 Å². The summed E-state index contributed by atoms with van der Waals surface area (Å²) < 4.78 is 5.72. The van der Waals surface area contributed by atoms with E-state index in [1.54, 1.807) is 24.3 Å². The van der Waals surface area contributed by atoms with Gasteiger partial charge in [0.1, 0.15) is 18.4 Å². The highest BCUT2D eigenvalue weighted by molar-refractivity contribution is 5.89. The Hall–Kier alpha value is -3.33. The molecule has 0 aromatic heterocycles. The molecule has 0 aliphatic carbocycles. The Labute approximate surface area is 151 Å². The third-order valence-electron chi connectivity index (χ3n) is 4.23. The van der Waals surface area contributed by atoms with E-state index in [9.17, 15) is 14.9 Å². The van der Waals surface area contributed by atoms with E-state index in [4.69, 9.17) is 4.74 Å². The quantitative estimate of drug-likeness (QED) is 0.835. The molecule has 0 spiro atoms. The fourth-order valence-electron chi connectivity index (χ4n) is 2.74. The van der Waals surface area contributed by atoms with Crippen LogP contribution in [0.4, 0.5) is 0 Å². The molecule has 2 aromatic carbocycles. The molecule has 0 radical (unpaired) electrons. The monoisotopic (exact) mass is 349 g/mol. The Balaban J connectivity index is 1.58. The van der Waals surface area contributed by atoms with Gasteiger partial charge in [-0.1, -0.05) is 42.5 Å². The first-order valence-corrected chi connectivity index (χ1v) is 8.39. The smallest absolute Gasteiger partial charge is 0.226 e. The van der Waals surface area contributed by atoms with E-state index in [-0.39, 0.29) is 18.2 Å². The largest absolute Gasteiger partial charge is 0.489 e. The van der Waals surface area contributed by atoms with E-state index in [2.05, 4.69) is 16.7 Å². The van der Waals surface area contributed by atoms with Gasteiger partial charge < -0.3 is 15.4 Å². The number of nitriles is 1. The normalized spacial score (nSPS) is 17.0. The predicted octanol–water partition coefficient (Wildman–Crippen LogP) is 2.08. The molecule has 1 aliphatic rings. The maximum absolute atomic E-state index is 12.2. The second-order valence-corrected chi connectivity index (χ2v) is 6.12. The Morgan fingerprint density at radius 2 is 1.96 bits per heavy atom. The molecule has 2 aromatic rings. The van der Waals surface area contributed by atoms with E-state index >= 15 is 0 Å². The molecule has 0 unspecified atom stereocenters. The van der Waals surface area contributed by atoms with Crippen molar-refractivity contribution >= 4 is 11.8 Å². The molecule has 1 heterocycles. The van der Waals surface area contributed by atoms with Crippen LogP contribution in [0.3, 0.4) is 0 Å². The average molecular weight is 349 g/mol. The number of rotatable bonds is 6. The fourth-order valence-corrected chi connectivity index (χ4v) is 2.74. The Morgan fingerprint density at radius 3 is 2.58 bits per heavy atom. The fraction of sp³-hybridized carbons (Fsp3) is 0.250. The van der Waals surface area contributed by atoms with Gasteiger partial charge in [-0.15, -0.1) is 0 Å². The lowest BCUT2D eigenvalue weighted by Gasteiger charge is -2.15. The number of amides is 2. The summed E-state index contributed by atoms with van der Waals surface area (Å²) in [6, 6.07) is 18.2. The highest BCUT2D eigenvalue weighted by atomic mass is 16.5. The maximum Gasteiger partial charge on any atom is 0.226 e. The number of hydrogen-bond acceptors (Lipinski definition) is 4. The number of benzene rings is 2. The minimum absolute atomic E-state index is 0.140. The first kappa shape index (κ1) is 17.5. The van der Waals surface area contributed by atoms with Crippen LogP contribution < -0.4 is 15.4 Å². The summed E-state index contributed by atoms with van der Waals surface area (Å²) >= 11 is 0. The van der Waals surface area contributed by atoms with Crippen LogP contribution in [0.15, 0.2) is 54.6 Å². The van der Waals surface area contributed by atoms with Crippen LogP contribution in [0.2, 0.25) is 0 Å². The van der Waals surface area contributed by atoms with Crippen LogP contribution in [0, 0.1) is 17.2 Å². The molecule has 1 aliphatic heterocycles. The van der Waals surface area contributed by atoms with E-state index in [1.807, 2.05) is 30.3 Å². The van der Waals surface area contributed by atoms with Crippen molar-refractivity contribution in [2.75, 3.05) is 6.54 Å². The number of ether oxygens (including phenoxy) is 1. The third-order valence-corrected chi connectivity index (χ3v) is 4.23. The van der Waals surface area contributed by atoms with Crippen LogP contribution in [0.5, 0.6) is 5.75 Å². The Kier molecular flexibility index (Phi) is 5.49. The molecule has 132 valence electrons. The van der Waals surface area contributed by atoms with Crippen LogP contribution in [0.25, 0.3) is 0 Å². The van der Waals surface area contributed by atoms with Gasteiger partial charge >= 0.3 is 0 Å². The van der Waals surface area contributed by atoms with Crippen LogP contribution in [0.1, 0.15) is 23.6 Å². The molecular weight excluding hydrogens is 330 g/mol. The number of carbonyl (C=O) groups is 2. The number of hydrogen-bond donors (Lipinski definition) is 2. The lowest BCUT2D eigenvalue weighted by atomic mass is 10.0. The highest BCUT2D eigenvalue weighted by Gasteiger charge is 2.29. The molecule has 2 N–H and O–H groups in total. The zero-order valence-electron chi connectivity index (χ0n) is 14.1. The van der Waals surface area contributed by atoms with E-state index < -0.39 is 12.0 Å². The average Bonchev–Trinajstić information content (AvgIpc) is 3.12. The number of nitrogens with one attached hydrogen (secondary N) is 2. The van der Waals surface area contributed by atoms with Crippen LogP contribution in [-0.4, -0.2) is 18.4 Å². The predicted molar refractivity (Wildman–Crippen MR) is 94.8 cm³/mol. The van der Waals surface area contributed by atoms with Crippen molar-refractivity contribution in [3.63, 3.8) is 0 Å². The van der Waals surface area contributed by atoms with Crippen molar-refractivity contribution in [2.45, 2.75) is 19.1 Å². The zero-order chi connectivity index (χ0) is 18.4. The SMILES string of the molecule is N#C[C@H](NC(=O)[C@@H]1CNC(=O)C1)c1ccc(OCc2ccccc2)cc1. The van der Waals surface area contributed by atoms with Gasteiger partial charge in [0.05, 0.1) is 12.0 Å². The summed E-state index contributed by atoms with van der Waals surface area (Å²) in [4.78, 5) is 23.4. The van der Waals surface area contributed by atoms with Crippen molar-refractivity contribution in [1.82, 2.24) is 10.6 Å². The van der Waals surface area contributed by atoms with Gasteiger partial charge in [0, 0.05) is 13.0 Å². The van der Waals surface area contributed by atoms with Crippen LogP contribution in [-0.2, 0) is 16.2 Å². The van der Waals surface area contributed by atoms with E-state index in [0.29, 0.717) is 24.5 Å². The maximum atomic E-state index is 12.2. The zero-order valence-corrected chi connectivity index (χ0v) is 14.1. The number of carbonyl (C=O) groups excluding carboxylic acids is 2. The van der Waals surface area contributed by atoms with Gasteiger partial charge in [-0.2, -0.15) is 5.26 Å². The minimum Gasteiger partial charge on any atom is -0.489 e. The van der Waals surface area contributed by atoms with E-state index in [1.165, 1.54) is 0 Å². The highest BCUT2D eigenvalue weighted by Crippen LogP contribution is 2.20. The molecule has 6 heteroatoms. The van der Waals surface area contributed by atoms with Crippen LogP contribution >= 0.6 is 0 Å². The van der Waals surface area contributed by atoms with Crippen molar-refractivity contribution < 1.29 is 14.3 Å². The van der Waals surface area contributed by atoms with E-state index in [0.717, 1.165) is 5.56 Å². The summed E-state index contributed by atoms with van der Waals surface area (Å²) in [5.41, 5.74) is 1.74. The third kappa shape index (κ3) is 4.39. The molecule has 1 saturated heterocycles. The number of nitrogens with zero attached hydrogens (tertiary/aromatic N) is 1. The first-order chi connectivity index (χ1) is 12.7. The summed E-state index contributed by atoms with van der Waals surface area (Å²) in [5.74, 6) is -0.170. The first-order valence-electron chi connectivity index (χ1n) is 8.39. The molecule has 0 saturated carbocycles. The molecule has 2 atom stereocenters. The molecule has 0 bridgehead atoms. The van der Waals surface area contributed by atoms with Gasteiger partial charge in [-0.25, -0.2) is 0 Å². The second-order valence-electron chi connectivity index (χ2n) is 6.12. The summed E-state index contributed by atoms with van der Waals surface area (Å²) in [6.45, 7) is 0.774. The van der Waals surface area contributed by atoms with Crippen molar-refractivity contribution in [2.24, 2.45) is 5.92 Å². The Morgan fingerprint density at radius 1 is 1.23 bits per heavy atom. The lowest BCUT2D eigenvalue weighted by Crippen LogP contribution is -2.34. The van der Waals surface area contributed by atoms with Gasteiger partial charge in [0.15, 0.2) is 0 Å². The van der Waals surface area contributed by atoms with Crippen molar-refractivity contribution in [3.8, 4) is 11.8 Å². The van der Waals surface area contributed by atoms with Gasteiger partial charge in [-0.3, -0.25) is 9.59 Å². The Bertz CT molecular complexity index is 812. The van der Waals surface area contributed by atoms with Crippen molar-refractivity contribution in [3.05, 3.63) is 65.7 Å². The van der Waals surface area contributed by atoms with Gasteiger partial charge in [0.25, 0.3) is 0 Å². The lowest BCUT2D eigenvalue weighted by molar-refractivity contribution is -0.126. The molecule has 1 fully saturated rings. The molecule has 6 nitrogen and oxygen atoms in total. The minimum atomic E-state index is -0.763. The summed E-state index contributed by atoms with van der Waals surface area (Å²) in [5, 5.41) is 14.7. The standard InChI is InChI=1S/C20H19N3O3/c21-11-18(23-20(25)16-10-19(24)22-12-16)15-6-8-17(9-7-15)26-13-14-4-2-1-3-5-14/h1-9,16,18H,10,12-13H2,(H,22,24)(H,23,25)/t16-,18-/m0/s1. The summed E-state index contributed by atoms with van der Waals surface area (Å²) in [6.07, 6.45) is 0.163. The summed E-state index contributed by atoms with van der Waals surface area (Å²) in [7, 11) is 0. The molecule has 26 heavy (non-hydrogen) atoms. The second kappa shape index (κ2) is 8.17.